The molecule has 33 heavy (non-hydrogen) atoms. The highest BCUT2D eigenvalue weighted by atomic mass is 19.1. The molecule has 0 bridgehead atoms. The van der Waals surface area contributed by atoms with E-state index in [1.807, 2.05) is 6.92 Å². The number of hydrogen-bond donors (Lipinski definition) is 1. The number of nitrogens with one attached hydrogen (secondary N) is 1. The number of aryl methyl sites for hydroxylation is 1. The summed E-state index contributed by atoms with van der Waals surface area (Å²) in [6, 6.07) is 12.2. The number of nitrogens with zero attached hydrogens (tertiary/aromatic N) is 2. The highest BCUT2D eigenvalue weighted by Crippen LogP contribution is 2.20. The lowest BCUT2D eigenvalue weighted by atomic mass is 10.2. The van der Waals surface area contributed by atoms with Crippen molar-refractivity contribution in [1.29, 1.82) is 0 Å². The van der Waals surface area contributed by atoms with Crippen LogP contribution in [0.2, 0.25) is 0 Å². The van der Waals surface area contributed by atoms with Crippen LogP contribution in [0, 0.1) is 19.7 Å². The van der Waals surface area contributed by atoms with Gasteiger partial charge in [0, 0.05) is 17.3 Å². The van der Waals surface area contributed by atoms with Crippen molar-refractivity contribution in [3.8, 4) is 5.69 Å². The maximum atomic E-state index is 13.2. The maximum Gasteiger partial charge on any atom is 0.339 e. The molecule has 1 heterocycles. The van der Waals surface area contributed by atoms with Crippen LogP contribution >= 0.6 is 0 Å². The van der Waals surface area contributed by atoms with Crippen molar-refractivity contribution in [1.82, 2.24) is 9.78 Å². The lowest BCUT2D eigenvalue weighted by Gasteiger charge is -2.09. The van der Waals surface area contributed by atoms with Crippen LogP contribution in [0.25, 0.3) is 11.8 Å². The van der Waals surface area contributed by atoms with Crippen LogP contribution in [-0.4, -0.2) is 41.3 Å². The van der Waals surface area contributed by atoms with Gasteiger partial charge in [-0.15, -0.1) is 0 Å². The molecule has 9 heteroatoms. The zero-order valence-corrected chi connectivity index (χ0v) is 18.3. The van der Waals surface area contributed by atoms with E-state index in [1.165, 1.54) is 37.5 Å². The molecule has 0 atom stereocenters. The number of ether oxygens (including phenoxy) is 2. The Morgan fingerprint density at radius 3 is 2.48 bits per heavy atom. The van der Waals surface area contributed by atoms with Gasteiger partial charge in [0.1, 0.15) is 5.82 Å². The first-order valence-corrected chi connectivity index (χ1v) is 9.94. The maximum absolute atomic E-state index is 13.2. The Morgan fingerprint density at radius 1 is 1.09 bits per heavy atom. The number of carbonyl (C=O) groups is 3. The minimum atomic E-state index is -0.722. The molecule has 0 aliphatic carbocycles. The number of benzene rings is 2. The largest absolute Gasteiger partial charge is 0.465 e. The normalized spacial score (nSPS) is 10.8. The molecule has 0 saturated carbocycles. The molecule has 8 nitrogen and oxygen atoms in total. The molecule has 0 unspecified atom stereocenters. The molecule has 0 fully saturated rings. The zero-order valence-electron chi connectivity index (χ0n) is 18.3. The van der Waals surface area contributed by atoms with Gasteiger partial charge < -0.3 is 14.8 Å². The molecule has 0 saturated heterocycles. The molecule has 2 aromatic carbocycles. The third-order valence-electron chi connectivity index (χ3n) is 4.76. The molecule has 1 amide bonds. The van der Waals surface area contributed by atoms with Gasteiger partial charge in [0.25, 0.3) is 5.91 Å². The quantitative estimate of drug-likeness (QED) is 0.435. The second-order valence-corrected chi connectivity index (χ2v) is 7.00. The highest BCUT2D eigenvalue weighted by molar-refractivity contribution is 6.02. The van der Waals surface area contributed by atoms with Crippen LogP contribution in [-0.2, 0) is 19.1 Å². The topological polar surface area (TPSA) is 99.5 Å². The third-order valence-corrected chi connectivity index (χ3v) is 4.76. The molecule has 3 aromatic rings. The van der Waals surface area contributed by atoms with Gasteiger partial charge in [-0.3, -0.25) is 4.79 Å². The Morgan fingerprint density at radius 2 is 1.79 bits per heavy atom. The van der Waals surface area contributed by atoms with E-state index in [9.17, 15) is 18.8 Å². The SMILES string of the molecule is COC(=O)c1ccccc1NC(=O)COC(=O)/C=C/c1c(C)nn(-c2ccc(F)cc2)c1C. The fourth-order valence-electron chi connectivity index (χ4n) is 3.13. The van der Waals surface area contributed by atoms with E-state index in [-0.39, 0.29) is 17.1 Å². The van der Waals surface area contributed by atoms with Gasteiger partial charge >= 0.3 is 11.9 Å². The van der Waals surface area contributed by atoms with Crippen molar-refractivity contribution < 1.29 is 28.2 Å². The van der Waals surface area contributed by atoms with E-state index in [1.54, 1.807) is 41.9 Å². The molecule has 0 radical (unpaired) electrons. The first kappa shape index (κ1) is 23.4. The van der Waals surface area contributed by atoms with Gasteiger partial charge in [0.15, 0.2) is 6.61 Å². The minimum absolute atomic E-state index is 0.184. The van der Waals surface area contributed by atoms with E-state index in [2.05, 4.69) is 15.2 Å². The van der Waals surface area contributed by atoms with Crippen molar-refractivity contribution in [2.24, 2.45) is 0 Å². The number of anilines is 1. The Kier molecular flexibility index (Phi) is 7.34. The molecule has 1 N–H and O–H groups in total. The first-order chi connectivity index (χ1) is 15.8. The van der Waals surface area contributed by atoms with Crippen LogP contribution in [0.3, 0.4) is 0 Å². The number of amides is 1. The summed E-state index contributed by atoms with van der Waals surface area (Å²) in [6.07, 6.45) is 2.74. The summed E-state index contributed by atoms with van der Waals surface area (Å²) in [7, 11) is 1.24. The van der Waals surface area contributed by atoms with E-state index >= 15 is 0 Å². The molecule has 0 spiro atoms. The third kappa shape index (κ3) is 5.70. The second kappa shape index (κ2) is 10.4. The van der Waals surface area contributed by atoms with Crippen molar-refractivity contribution in [3.05, 3.63) is 82.9 Å². The number of aromatic nitrogens is 2. The summed E-state index contributed by atoms with van der Waals surface area (Å²) < 4.78 is 24.5. The highest BCUT2D eigenvalue weighted by Gasteiger charge is 2.15. The number of esters is 2. The molecule has 0 aliphatic heterocycles. The predicted octanol–water partition coefficient (Wildman–Crippen LogP) is 3.61. The zero-order chi connectivity index (χ0) is 24.0. The summed E-state index contributed by atoms with van der Waals surface area (Å²) in [5, 5.41) is 6.94. The number of para-hydroxylation sites is 1. The summed E-state index contributed by atoms with van der Waals surface area (Å²) in [4.78, 5) is 36.0. The van der Waals surface area contributed by atoms with Crippen LogP contribution in [0.4, 0.5) is 10.1 Å². The van der Waals surface area contributed by atoms with E-state index in [0.717, 1.165) is 5.69 Å². The number of hydrogen-bond acceptors (Lipinski definition) is 6. The van der Waals surface area contributed by atoms with Gasteiger partial charge in [-0.1, -0.05) is 12.1 Å². The van der Waals surface area contributed by atoms with Crippen molar-refractivity contribution in [2.45, 2.75) is 13.8 Å². The van der Waals surface area contributed by atoms with Gasteiger partial charge in [-0.25, -0.2) is 18.7 Å². The summed E-state index contributed by atoms with van der Waals surface area (Å²) in [6.45, 7) is 3.07. The molecular weight excluding hydrogens is 429 g/mol. The van der Waals surface area contributed by atoms with Gasteiger partial charge in [0.05, 0.1) is 29.7 Å². The lowest BCUT2D eigenvalue weighted by molar-refractivity contribution is -0.142. The van der Waals surface area contributed by atoms with E-state index in [0.29, 0.717) is 16.9 Å². The monoisotopic (exact) mass is 451 g/mol. The van der Waals surface area contributed by atoms with Gasteiger partial charge in [0.2, 0.25) is 0 Å². The van der Waals surface area contributed by atoms with Crippen LogP contribution in [0.15, 0.2) is 54.6 Å². The summed E-state index contributed by atoms with van der Waals surface area (Å²) in [5.74, 6) is -2.27. The molecule has 1 aromatic heterocycles. The Hall–Kier alpha value is -4.27. The summed E-state index contributed by atoms with van der Waals surface area (Å²) >= 11 is 0. The Labute approximate surface area is 189 Å². The molecule has 3 rings (SSSR count). The minimum Gasteiger partial charge on any atom is -0.465 e. The average Bonchev–Trinajstić information content (AvgIpc) is 3.09. The Balaban J connectivity index is 1.62. The van der Waals surface area contributed by atoms with Crippen molar-refractivity contribution in [3.63, 3.8) is 0 Å². The predicted molar refractivity (Wildman–Crippen MR) is 119 cm³/mol. The smallest absolute Gasteiger partial charge is 0.339 e. The average molecular weight is 451 g/mol. The van der Waals surface area contributed by atoms with Gasteiger partial charge in [-0.2, -0.15) is 5.10 Å². The lowest BCUT2D eigenvalue weighted by Crippen LogP contribution is -2.21. The summed E-state index contributed by atoms with van der Waals surface area (Å²) in [5.41, 5.74) is 3.23. The molecule has 0 aliphatic rings. The number of halogens is 1. The fraction of sp³-hybridized carbons (Fsp3) is 0.167. The number of carbonyl (C=O) groups excluding carboxylic acids is 3. The van der Waals surface area contributed by atoms with Crippen LogP contribution in [0.5, 0.6) is 0 Å². The van der Waals surface area contributed by atoms with Crippen LogP contribution in [0.1, 0.15) is 27.3 Å². The molecule has 170 valence electrons. The second-order valence-electron chi connectivity index (χ2n) is 7.00. The van der Waals surface area contributed by atoms with Crippen molar-refractivity contribution in [2.75, 3.05) is 19.0 Å². The molecular formula is C24H22FN3O5. The van der Waals surface area contributed by atoms with Crippen LogP contribution < -0.4 is 5.32 Å². The van der Waals surface area contributed by atoms with E-state index < -0.39 is 24.5 Å². The van der Waals surface area contributed by atoms with E-state index in [4.69, 9.17) is 4.74 Å². The Bertz CT molecular complexity index is 1220. The number of methoxy groups -OCH3 is 1. The first-order valence-electron chi connectivity index (χ1n) is 9.94. The number of rotatable bonds is 7. The van der Waals surface area contributed by atoms with Crippen molar-refractivity contribution >= 4 is 29.6 Å². The van der Waals surface area contributed by atoms with Gasteiger partial charge in [-0.05, 0) is 56.3 Å². The fourth-order valence-corrected chi connectivity index (χ4v) is 3.13. The standard InChI is InChI=1S/C24H22FN3O5/c1-15-19(16(2)28(27-15)18-10-8-17(25)9-11-18)12-13-23(30)33-14-22(29)26-21-7-5-4-6-20(21)24(31)32-3/h4-13H,14H2,1-3H3,(H,26,29)/b13-12+.